The topological polar surface area (TPSA) is 64.7 Å². The van der Waals surface area contributed by atoms with Crippen molar-refractivity contribution in [1.29, 1.82) is 0 Å². The van der Waals surface area contributed by atoms with Gasteiger partial charge in [-0.3, -0.25) is 9.59 Å². The van der Waals surface area contributed by atoms with Crippen molar-refractivity contribution in [2.24, 2.45) is 5.92 Å². The number of nitrogens with one attached hydrogen (secondary N) is 2. The zero-order valence-corrected chi connectivity index (χ0v) is 21.1. The molecule has 1 heterocycles. The number of likely N-dealkylation sites (N-methyl/N-ethyl adjacent to an activating group) is 1. The largest absolute Gasteiger partial charge is 0.416 e. The summed E-state index contributed by atoms with van der Waals surface area (Å²) in [5, 5.41) is 5.71. The molecule has 0 aliphatic carbocycles. The number of carbonyl (C=O) groups excluding carboxylic acids is 2. The predicted octanol–water partition coefficient (Wildman–Crippen LogP) is 5.27. The Morgan fingerprint density at radius 1 is 1.00 bits per heavy atom. The van der Waals surface area contributed by atoms with Crippen molar-refractivity contribution in [3.05, 3.63) is 59.2 Å². The lowest BCUT2D eigenvalue weighted by atomic mass is 9.97. The van der Waals surface area contributed by atoms with Gasteiger partial charge in [-0.1, -0.05) is 20.8 Å². The minimum atomic E-state index is -4.47. The Bertz CT molecular complexity index is 1030. The van der Waals surface area contributed by atoms with Crippen LogP contribution in [0.5, 0.6) is 0 Å². The molecule has 196 valence electrons. The van der Waals surface area contributed by atoms with E-state index >= 15 is 0 Å². The Kier molecular flexibility index (Phi) is 9.37. The Labute approximate surface area is 210 Å². The summed E-state index contributed by atoms with van der Waals surface area (Å²) in [7, 11) is 0. The number of nitrogens with zero attached hydrogens (tertiary/aromatic N) is 2. The predicted molar refractivity (Wildman–Crippen MR) is 137 cm³/mol. The summed E-state index contributed by atoms with van der Waals surface area (Å²) in [6.07, 6.45) is -2.39. The summed E-state index contributed by atoms with van der Waals surface area (Å²) < 4.78 is 38.5. The average molecular weight is 505 g/mol. The van der Waals surface area contributed by atoms with Crippen LogP contribution in [0.3, 0.4) is 0 Å². The SMILES string of the molecule is CCN(CC)CCNC(=O)c1cc(NC(=O)c2ccc(C(F)(F)F)cc2)ccc1N1CCC(C)CC1. The number of alkyl halides is 3. The lowest BCUT2D eigenvalue weighted by Gasteiger charge is -2.33. The van der Waals surface area contributed by atoms with E-state index in [-0.39, 0.29) is 11.5 Å². The fourth-order valence-corrected chi connectivity index (χ4v) is 4.30. The number of piperidine rings is 1. The maximum absolute atomic E-state index is 13.2. The second-order valence-corrected chi connectivity index (χ2v) is 9.21. The van der Waals surface area contributed by atoms with Crippen LogP contribution < -0.4 is 15.5 Å². The highest BCUT2D eigenvalue weighted by atomic mass is 19.4. The van der Waals surface area contributed by atoms with E-state index in [9.17, 15) is 22.8 Å². The van der Waals surface area contributed by atoms with Crippen molar-refractivity contribution in [2.75, 3.05) is 49.5 Å². The lowest BCUT2D eigenvalue weighted by molar-refractivity contribution is -0.137. The van der Waals surface area contributed by atoms with Crippen LogP contribution in [0.4, 0.5) is 24.5 Å². The molecule has 36 heavy (non-hydrogen) atoms. The molecule has 1 aliphatic rings. The van der Waals surface area contributed by atoms with Gasteiger partial charge in [0.05, 0.1) is 11.1 Å². The van der Waals surface area contributed by atoms with Gasteiger partial charge in [0.1, 0.15) is 0 Å². The quantitative estimate of drug-likeness (QED) is 0.489. The number of carbonyl (C=O) groups is 2. The van der Waals surface area contributed by atoms with Crippen LogP contribution in [0.1, 0.15) is 59.9 Å². The van der Waals surface area contributed by atoms with Crippen LogP contribution in [0.2, 0.25) is 0 Å². The van der Waals surface area contributed by atoms with Crippen molar-refractivity contribution in [1.82, 2.24) is 10.2 Å². The van der Waals surface area contributed by atoms with E-state index < -0.39 is 17.6 Å². The first-order valence-electron chi connectivity index (χ1n) is 12.5. The van der Waals surface area contributed by atoms with Crippen LogP contribution in [0, 0.1) is 5.92 Å². The standard InChI is InChI=1S/C27H35F3N4O2/c1-4-33(5-2)17-14-31-26(36)23-18-22(10-11-24(23)34-15-12-19(3)13-16-34)32-25(35)20-6-8-21(9-7-20)27(28,29)30/h6-11,18-19H,4-5,12-17H2,1-3H3,(H,31,36)(H,32,35). The zero-order valence-electron chi connectivity index (χ0n) is 21.1. The third-order valence-corrected chi connectivity index (χ3v) is 6.71. The number of hydrogen-bond donors (Lipinski definition) is 2. The average Bonchev–Trinajstić information content (AvgIpc) is 2.86. The molecule has 2 amide bonds. The smallest absolute Gasteiger partial charge is 0.371 e. The van der Waals surface area contributed by atoms with Crippen LogP contribution >= 0.6 is 0 Å². The normalized spacial score (nSPS) is 14.7. The molecular weight excluding hydrogens is 469 g/mol. The molecule has 3 rings (SSSR count). The van der Waals surface area contributed by atoms with Crippen LogP contribution in [0.15, 0.2) is 42.5 Å². The molecule has 1 aliphatic heterocycles. The number of hydrogen-bond acceptors (Lipinski definition) is 4. The highest BCUT2D eigenvalue weighted by Crippen LogP contribution is 2.30. The monoisotopic (exact) mass is 504 g/mol. The molecule has 0 spiro atoms. The van der Waals surface area contributed by atoms with Crippen molar-refractivity contribution in [2.45, 2.75) is 39.8 Å². The molecule has 6 nitrogen and oxygen atoms in total. The molecule has 1 saturated heterocycles. The van der Waals surface area contributed by atoms with Crippen molar-refractivity contribution in [3.63, 3.8) is 0 Å². The minimum absolute atomic E-state index is 0.0994. The van der Waals surface area contributed by atoms with Crippen molar-refractivity contribution < 1.29 is 22.8 Å². The molecule has 0 atom stereocenters. The van der Waals surface area contributed by atoms with Gasteiger partial charge in [0.15, 0.2) is 0 Å². The fourth-order valence-electron chi connectivity index (χ4n) is 4.30. The number of halogens is 3. The highest BCUT2D eigenvalue weighted by molar-refractivity contribution is 6.06. The number of rotatable bonds is 9. The summed E-state index contributed by atoms with van der Waals surface area (Å²) in [6.45, 7) is 11.1. The van der Waals surface area contributed by atoms with E-state index in [0.717, 1.165) is 75.5 Å². The molecule has 1 fully saturated rings. The van der Waals surface area contributed by atoms with E-state index in [1.807, 2.05) is 6.07 Å². The summed E-state index contributed by atoms with van der Waals surface area (Å²) in [4.78, 5) is 30.3. The first-order chi connectivity index (χ1) is 17.1. The van der Waals surface area contributed by atoms with Gasteiger partial charge >= 0.3 is 6.18 Å². The van der Waals surface area contributed by atoms with Crippen molar-refractivity contribution in [3.8, 4) is 0 Å². The third-order valence-electron chi connectivity index (χ3n) is 6.71. The molecule has 2 aromatic carbocycles. The summed E-state index contributed by atoms with van der Waals surface area (Å²) in [5.41, 5.74) is 0.970. The van der Waals surface area contributed by atoms with Crippen LogP contribution in [-0.2, 0) is 6.18 Å². The molecule has 2 N–H and O–H groups in total. The van der Waals surface area contributed by atoms with E-state index in [4.69, 9.17) is 0 Å². The van der Waals surface area contributed by atoms with Crippen molar-refractivity contribution >= 4 is 23.2 Å². The van der Waals surface area contributed by atoms with E-state index in [2.05, 4.69) is 41.2 Å². The summed E-state index contributed by atoms with van der Waals surface area (Å²) >= 11 is 0. The van der Waals surface area contributed by atoms with Gasteiger partial charge in [0.25, 0.3) is 11.8 Å². The number of benzene rings is 2. The maximum atomic E-state index is 13.2. The van der Waals surface area contributed by atoms with Gasteiger partial charge < -0.3 is 20.4 Å². The zero-order chi connectivity index (χ0) is 26.3. The third kappa shape index (κ3) is 7.22. The van der Waals surface area contributed by atoms with Gasteiger partial charge in [-0.15, -0.1) is 0 Å². The first-order valence-corrected chi connectivity index (χ1v) is 12.5. The fraction of sp³-hybridized carbons (Fsp3) is 0.481. The molecule has 0 unspecified atom stereocenters. The molecule has 0 saturated carbocycles. The Morgan fingerprint density at radius 3 is 2.22 bits per heavy atom. The molecular formula is C27H35F3N4O2. The van der Waals surface area contributed by atoms with Gasteiger partial charge in [-0.2, -0.15) is 13.2 Å². The number of amides is 2. The molecule has 2 aromatic rings. The molecule has 0 aromatic heterocycles. The lowest BCUT2D eigenvalue weighted by Crippen LogP contribution is -2.37. The van der Waals surface area contributed by atoms with Gasteiger partial charge in [0.2, 0.25) is 0 Å². The highest BCUT2D eigenvalue weighted by Gasteiger charge is 2.30. The van der Waals surface area contributed by atoms with Gasteiger partial charge in [-0.05, 0) is 74.3 Å². The van der Waals surface area contributed by atoms with E-state index in [1.165, 1.54) is 0 Å². The first kappa shape index (κ1) is 27.5. The van der Waals surface area contributed by atoms with Crippen LogP contribution in [-0.4, -0.2) is 56.0 Å². The second kappa shape index (κ2) is 12.3. The molecule has 0 radical (unpaired) electrons. The summed E-state index contributed by atoms with van der Waals surface area (Å²) in [6, 6.07) is 9.24. The van der Waals surface area contributed by atoms with Crippen LogP contribution in [0.25, 0.3) is 0 Å². The molecule has 0 bridgehead atoms. The number of anilines is 2. The van der Waals surface area contributed by atoms with Gasteiger partial charge in [-0.25, -0.2) is 0 Å². The minimum Gasteiger partial charge on any atom is -0.371 e. The van der Waals surface area contributed by atoms with E-state index in [0.29, 0.717) is 23.7 Å². The van der Waals surface area contributed by atoms with Gasteiger partial charge in [0, 0.05) is 43.1 Å². The Balaban J connectivity index is 1.79. The molecule has 9 heteroatoms. The second-order valence-electron chi connectivity index (χ2n) is 9.21. The Hall–Kier alpha value is -3.07. The van der Waals surface area contributed by atoms with E-state index in [1.54, 1.807) is 12.1 Å². The Morgan fingerprint density at radius 2 is 1.64 bits per heavy atom. The summed E-state index contributed by atoms with van der Waals surface area (Å²) in [5.74, 6) is -0.132. The maximum Gasteiger partial charge on any atom is 0.416 e.